The van der Waals surface area contributed by atoms with Crippen LogP contribution in [-0.4, -0.2) is 11.8 Å². The number of fused-ring (bicyclic) bond motifs is 1. The Morgan fingerprint density at radius 1 is 0.833 bits per heavy atom. The summed E-state index contributed by atoms with van der Waals surface area (Å²) in [5.74, 6) is -0.278. The highest BCUT2D eigenvalue weighted by atomic mass is 35.5. The van der Waals surface area contributed by atoms with Gasteiger partial charge < -0.3 is 0 Å². The van der Waals surface area contributed by atoms with Gasteiger partial charge in [0.2, 0.25) is 11.8 Å². The summed E-state index contributed by atoms with van der Waals surface area (Å²) < 4.78 is 0. The van der Waals surface area contributed by atoms with Crippen LogP contribution in [0.5, 0.6) is 0 Å². The van der Waals surface area contributed by atoms with Crippen molar-refractivity contribution < 1.29 is 9.59 Å². The molecule has 0 spiro atoms. The average Bonchev–Trinajstić information content (AvgIpc) is 2.87. The summed E-state index contributed by atoms with van der Waals surface area (Å²) in [6, 6.07) is 17.3. The maximum absolute atomic E-state index is 12.9. The summed E-state index contributed by atoms with van der Waals surface area (Å²) in [6.45, 7) is 0. The highest BCUT2D eigenvalue weighted by Crippen LogP contribution is 2.46. The molecule has 2 aliphatic rings. The van der Waals surface area contributed by atoms with Gasteiger partial charge >= 0.3 is 0 Å². The van der Waals surface area contributed by atoms with Crippen molar-refractivity contribution >= 4 is 29.1 Å². The number of amides is 2. The lowest BCUT2D eigenvalue weighted by Gasteiger charge is -2.28. The molecule has 24 heavy (non-hydrogen) atoms. The van der Waals surface area contributed by atoms with E-state index in [1.54, 1.807) is 24.3 Å². The Labute approximate surface area is 146 Å². The van der Waals surface area contributed by atoms with Gasteiger partial charge in [-0.1, -0.05) is 54.1 Å². The smallest absolute Gasteiger partial charge is 0.237 e. The van der Waals surface area contributed by atoms with Gasteiger partial charge in [0.05, 0.1) is 22.5 Å². The molecule has 4 heteroatoms. The predicted molar refractivity (Wildman–Crippen MR) is 94.0 cm³/mol. The lowest BCUT2D eigenvalue weighted by atomic mass is 9.73. The summed E-state index contributed by atoms with van der Waals surface area (Å²) in [5.41, 5.74) is 1.77. The van der Waals surface area contributed by atoms with Gasteiger partial charge in [0.25, 0.3) is 0 Å². The molecule has 0 bridgehead atoms. The average molecular weight is 340 g/mol. The van der Waals surface area contributed by atoms with E-state index in [0.29, 0.717) is 16.6 Å². The second kappa shape index (κ2) is 6.06. The van der Waals surface area contributed by atoms with Crippen LogP contribution >= 0.6 is 11.6 Å². The Balaban J connectivity index is 1.63. The first-order valence-corrected chi connectivity index (χ1v) is 8.72. The summed E-state index contributed by atoms with van der Waals surface area (Å²) in [7, 11) is 0. The number of nitrogens with zero attached hydrogens (tertiary/aromatic N) is 1. The van der Waals surface area contributed by atoms with Gasteiger partial charge in [-0.3, -0.25) is 9.59 Å². The van der Waals surface area contributed by atoms with E-state index >= 15 is 0 Å². The molecule has 1 saturated heterocycles. The maximum Gasteiger partial charge on any atom is 0.237 e. The van der Waals surface area contributed by atoms with Gasteiger partial charge in [-0.25, -0.2) is 4.90 Å². The Morgan fingerprint density at radius 3 is 2.25 bits per heavy atom. The molecular formula is C20H18ClNO2. The second-order valence-electron chi connectivity index (χ2n) is 6.60. The number of halogens is 1. The van der Waals surface area contributed by atoms with Crippen molar-refractivity contribution in [1.82, 2.24) is 0 Å². The Kier molecular flexibility index (Phi) is 3.89. The Bertz CT molecular complexity index is 789. The van der Waals surface area contributed by atoms with Crippen LogP contribution in [0.25, 0.3) is 0 Å². The maximum atomic E-state index is 12.9. The predicted octanol–water partition coefficient (Wildman–Crippen LogP) is 4.41. The highest BCUT2D eigenvalue weighted by molar-refractivity contribution is 6.36. The van der Waals surface area contributed by atoms with Crippen LogP contribution in [-0.2, 0) is 9.59 Å². The van der Waals surface area contributed by atoms with E-state index in [4.69, 9.17) is 11.6 Å². The molecule has 122 valence electrons. The van der Waals surface area contributed by atoms with E-state index in [9.17, 15) is 9.59 Å². The first-order valence-electron chi connectivity index (χ1n) is 8.34. The molecule has 0 aromatic heterocycles. The Morgan fingerprint density at radius 2 is 1.50 bits per heavy atom. The van der Waals surface area contributed by atoms with Crippen LogP contribution in [0, 0.1) is 11.8 Å². The lowest BCUT2D eigenvalue weighted by Crippen LogP contribution is -2.31. The quantitative estimate of drug-likeness (QED) is 0.760. The lowest BCUT2D eigenvalue weighted by molar-refractivity contribution is -0.122. The molecule has 1 aliphatic heterocycles. The second-order valence-corrected chi connectivity index (χ2v) is 7.00. The number of imide groups is 1. The molecule has 1 aliphatic carbocycles. The van der Waals surface area contributed by atoms with Gasteiger partial charge in [-0.05, 0) is 42.9 Å². The number of anilines is 1. The van der Waals surface area contributed by atoms with Crippen LogP contribution in [0.4, 0.5) is 5.69 Å². The Hall–Kier alpha value is -2.13. The number of carbonyl (C=O) groups is 2. The summed E-state index contributed by atoms with van der Waals surface area (Å²) in [6.07, 6.45) is 2.44. The molecule has 0 unspecified atom stereocenters. The molecule has 4 rings (SSSR count). The number of hydrogen-bond acceptors (Lipinski definition) is 2. The molecule has 3 nitrogen and oxygen atoms in total. The number of para-hydroxylation sites is 1. The largest absolute Gasteiger partial charge is 0.274 e. The molecule has 2 aromatic carbocycles. The van der Waals surface area contributed by atoms with Gasteiger partial charge in [-0.2, -0.15) is 0 Å². The van der Waals surface area contributed by atoms with E-state index in [2.05, 4.69) is 12.1 Å². The molecule has 3 atom stereocenters. The van der Waals surface area contributed by atoms with Gasteiger partial charge in [0.15, 0.2) is 0 Å². The zero-order valence-electron chi connectivity index (χ0n) is 13.2. The highest BCUT2D eigenvalue weighted by Gasteiger charge is 2.51. The molecule has 0 N–H and O–H groups in total. The first kappa shape index (κ1) is 15.4. The summed E-state index contributed by atoms with van der Waals surface area (Å²) >= 11 is 6.21. The third-order valence-electron chi connectivity index (χ3n) is 5.29. The van der Waals surface area contributed by atoms with E-state index in [-0.39, 0.29) is 23.7 Å². The molecule has 0 radical (unpaired) electrons. The zero-order chi connectivity index (χ0) is 16.7. The van der Waals surface area contributed by atoms with Gasteiger partial charge in [-0.15, -0.1) is 0 Å². The van der Waals surface area contributed by atoms with Crippen LogP contribution in [0.15, 0.2) is 54.6 Å². The number of rotatable bonds is 2. The molecule has 2 amide bonds. The summed E-state index contributed by atoms with van der Waals surface area (Å²) in [4.78, 5) is 27.0. The third kappa shape index (κ3) is 2.44. The fourth-order valence-corrected chi connectivity index (χ4v) is 4.30. The SMILES string of the molecule is O=C1[C@@H]2CC[C@@H](c3ccccc3)C[C@H]2C(=O)N1c1ccccc1Cl. The minimum atomic E-state index is -0.229. The summed E-state index contributed by atoms with van der Waals surface area (Å²) in [5, 5.41) is 0.442. The molecule has 2 aromatic rings. The minimum Gasteiger partial charge on any atom is -0.274 e. The van der Waals surface area contributed by atoms with Crippen molar-refractivity contribution in [3.8, 4) is 0 Å². The van der Waals surface area contributed by atoms with Gasteiger partial charge in [0, 0.05) is 0 Å². The number of carbonyl (C=O) groups excluding carboxylic acids is 2. The minimum absolute atomic E-state index is 0.0930. The van der Waals surface area contributed by atoms with Crippen molar-refractivity contribution in [2.75, 3.05) is 4.90 Å². The molecule has 2 fully saturated rings. The molecule has 1 saturated carbocycles. The van der Waals surface area contributed by atoms with Crippen molar-refractivity contribution in [2.24, 2.45) is 11.8 Å². The van der Waals surface area contributed by atoms with Crippen molar-refractivity contribution in [1.29, 1.82) is 0 Å². The zero-order valence-corrected chi connectivity index (χ0v) is 13.9. The fourth-order valence-electron chi connectivity index (χ4n) is 4.08. The van der Waals surface area contributed by atoms with E-state index in [1.807, 2.05) is 18.2 Å². The molecular weight excluding hydrogens is 322 g/mol. The van der Waals surface area contributed by atoms with Crippen molar-refractivity contribution in [3.05, 3.63) is 65.2 Å². The van der Waals surface area contributed by atoms with Crippen LogP contribution < -0.4 is 4.90 Å². The van der Waals surface area contributed by atoms with E-state index in [0.717, 1.165) is 19.3 Å². The van der Waals surface area contributed by atoms with Gasteiger partial charge in [0.1, 0.15) is 0 Å². The van der Waals surface area contributed by atoms with E-state index in [1.165, 1.54) is 10.5 Å². The van der Waals surface area contributed by atoms with Crippen LogP contribution in [0.2, 0.25) is 5.02 Å². The number of benzene rings is 2. The number of hydrogen-bond donors (Lipinski definition) is 0. The van der Waals surface area contributed by atoms with Crippen molar-refractivity contribution in [2.45, 2.75) is 25.2 Å². The molecule has 1 heterocycles. The topological polar surface area (TPSA) is 37.4 Å². The van der Waals surface area contributed by atoms with Crippen LogP contribution in [0.3, 0.4) is 0 Å². The third-order valence-corrected chi connectivity index (χ3v) is 5.61. The standard InChI is InChI=1S/C20H18ClNO2/c21-17-8-4-5-9-18(17)22-19(23)15-11-10-14(12-16(15)20(22)24)13-6-2-1-3-7-13/h1-9,14-16H,10-12H2/t14-,15-,16-/m1/s1. The van der Waals surface area contributed by atoms with Crippen molar-refractivity contribution in [3.63, 3.8) is 0 Å². The normalized spacial score (nSPS) is 26.5. The first-order chi connectivity index (χ1) is 11.7. The van der Waals surface area contributed by atoms with E-state index < -0.39 is 0 Å². The van der Waals surface area contributed by atoms with Crippen LogP contribution in [0.1, 0.15) is 30.7 Å². The fraction of sp³-hybridized carbons (Fsp3) is 0.300. The monoisotopic (exact) mass is 339 g/mol.